The van der Waals surface area contributed by atoms with Crippen LogP contribution in [0.5, 0.6) is 0 Å². The van der Waals surface area contributed by atoms with E-state index < -0.39 is 11.4 Å². The second-order valence-electron chi connectivity index (χ2n) is 7.08. The number of nitrogens with two attached hydrogens (primary N) is 1. The van der Waals surface area contributed by atoms with E-state index >= 15 is 0 Å². The predicted octanol–water partition coefficient (Wildman–Crippen LogP) is 2.35. The van der Waals surface area contributed by atoms with Gasteiger partial charge in [0.1, 0.15) is 11.3 Å². The Morgan fingerprint density at radius 2 is 1.83 bits per heavy atom. The molecule has 2 heterocycles. The molecule has 2 fully saturated rings. The van der Waals surface area contributed by atoms with Gasteiger partial charge in [0, 0.05) is 0 Å². The number of hydrogen-bond donors (Lipinski definition) is 2. The van der Waals surface area contributed by atoms with E-state index in [2.05, 4.69) is 17.1 Å². The zero-order valence-corrected chi connectivity index (χ0v) is 14.3. The summed E-state index contributed by atoms with van der Waals surface area (Å²) in [4.78, 5) is 26.7. The lowest BCUT2D eigenvalue weighted by molar-refractivity contribution is -0.123. The van der Waals surface area contributed by atoms with Crippen LogP contribution < -0.4 is 11.1 Å². The van der Waals surface area contributed by atoms with Gasteiger partial charge in [-0.15, -0.1) is 0 Å². The molecule has 1 aromatic rings. The monoisotopic (exact) mass is 333 g/mol. The lowest BCUT2D eigenvalue weighted by atomic mass is 9.96. The lowest BCUT2D eigenvalue weighted by Gasteiger charge is -2.31. The average molecular weight is 333 g/mol. The van der Waals surface area contributed by atoms with Crippen LogP contribution in [0.15, 0.2) is 16.5 Å². The van der Waals surface area contributed by atoms with E-state index in [1.54, 1.807) is 6.07 Å². The Bertz CT molecular complexity index is 598. The van der Waals surface area contributed by atoms with Crippen LogP contribution in [0.2, 0.25) is 0 Å². The van der Waals surface area contributed by atoms with Crippen molar-refractivity contribution in [3.8, 4) is 0 Å². The van der Waals surface area contributed by atoms with Crippen molar-refractivity contribution in [2.45, 2.75) is 63.5 Å². The summed E-state index contributed by atoms with van der Waals surface area (Å²) in [5.41, 5.74) is 4.60. The van der Waals surface area contributed by atoms with Crippen LogP contribution in [0.4, 0.5) is 0 Å². The molecule has 0 bridgehead atoms. The van der Waals surface area contributed by atoms with Gasteiger partial charge < -0.3 is 15.5 Å². The van der Waals surface area contributed by atoms with Gasteiger partial charge in [0.25, 0.3) is 5.91 Å². The predicted molar refractivity (Wildman–Crippen MR) is 90.4 cm³/mol. The maximum absolute atomic E-state index is 12.5. The molecule has 6 nitrogen and oxygen atoms in total. The molecule has 0 radical (unpaired) electrons. The van der Waals surface area contributed by atoms with Crippen LogP contribution in [-0.4, -0.2) is 35.3 Å². The van der Waals surface area contributed by atoms with Gasteiger partial charge in [-0.1, -0.05) is 19.3 Å². The summed E-state index contributed by atoms with van der Waals surface area (Å²) in [5.74, 6) is 0.234. The number of nitrogens with one attached hydrogen (secondary N) is 1. The molecule has 1 aromatic heterocycles. The highest BCUT2D eigenvalue weighted by Gasteiger charge is 2.41. The Balaban J connectivity index is 1.68. The Morgan fingerprint density at radius 3 is 2.46 bits per heavy atom. The highest BCUT2D eigenvalue weighted by molar-refractivity contribution is 5.97. The molecule has 1 saturated carbocycles. The standard InChI is InChI=1S/C18H27N3O3/c1-13(21-11-5-2-6-12-21)14-7-8-15(24-14)16(22)20-18(17(19)23)9-3-4-10-18/h7-8,13H,2-6,9-12H2,1H3,(H2,19,23)(H,20,22)/t13-/m1/s1. The summed E-state index contributed by atoms with van der Waals surface area (Å²) in [7, 11) is 0. The molecule has 3 N–H and O–H groups in total. The first kappa shape index (κ1) is 17.0. The summed E-state index contributed by atoms with van der Waals surface area (Å²) < 4.78 is 5.79. The highest BCUT2D eigenvalue weighted by atomic mass is 16.4. The molecule has 0 unspecified atom stereocenters. The van der Waals surface area contributed by atoms with E-state index in [1.165, 1.54) is 19.3 Å². The Hall–Kier alpha value is -1.82. The van der Waals surface area contributed by atoms with Crippen LogP contribution in [0, 0.1) is 0 Å². The van der Waals surface area contributed by atoms with Crippen molar-refractivity contribution < 1.29 is 14.0 Å². The van der Waals surface area contributed by atoms with E-state index in [0.29, 0.717) is 12.8 Å². The third-order valence-corrected chi connectivity index (χ3v) is 5.48. The molecule has 0 spiro atoms. The van der Waals surface area contributed by atoms with Crippen molar-refractivity contribution in [2.75, 3.05) is 13.1 Å². The highest BCUT2D eigenvalue weighted by Crippen LogP contribution is 2.30. The summed E-state index contributed by atoms with van der Waals surface area (Å²) in [6.45, 7) is 4.23. The maximum atomic E-state index is 12.5. The zero-order chi connectivity index (χ0) is 17.2. The Morgan fingerprint density at radius 1 is 1.17 bits per heavy atom. The van der Waals surface area contributed by atoms with E-state index in [0.717, 1.165) is 31.7 Å². The molecule has 1 saturated heterocycles. The van der Waals surface area contributed by atoms with Gasteiger partial charge in [-0.05, 0) is 57.8 Å². The molecule has 2 amide bonds. The van der Waals surface area contributed by atoms with Crippen LogP contribution in [0.1, 0.15) is 74.2 Å². The SMILES string of the molecule is C[C@H](c1ccc(C(=O)NC2(C(N)=O)CCCC2)o1)N1CCCCC1. The summed E-state index contributed by atoms with van der Waals surface area (Å²) in [6.07, 6.45) is 6.71. The van der Waals surface area contributed by atoms with E-state index in [-0.39, 0.29) is 17.7 Å². The van der Waals surface area contributed by atoms with Gasteiger partial charge in [0.05, 0.1) is 6.04 Å². The number of piperidine rings is 1. The van der Waals surface area contributed by atoms with E-state index in [9.17, 15) is 9.59 Å². The number of hydrogen-bond acceptors (Lipinski definition) is 4. The van der Waals surface area contributed by atoms with Crippen molar-refractivity contribution >= 4 is 11.8 Å². The van der Waals surface area contributed by atoms with E-state index in [4.69, 9.17) is 10.2 Å². The number of likely N-dealkylation sites (tertiary alicyclic amines) is 1. The van der Waals surface area contributed by atoms with Crippen LogP contribution in [0.3, 0.4) is 0 Å². The zero-order valence-electron chi connectivity index (χ0n) is 14.3. The first-order chi connectivity index (χ1) is 11.5. The van der Waals surface area contributed by atoms with Crippen LogP contribution in [-0.2, 0) is 4.79 Å². The number of carbonyl (C=O) groups is 2. The van der Waals surface area contributed by atoms with Gasteiger partial charge in [-0.25, -0.2) is 0 Å². The van der Waals surface area contributed by atoms with E-state index in [1.807, 2.05) is 6.07 Å². The fraction of sp³-hybridized carbons (Fsp3) is 0.667. The van der Waals surface area contributed by atoms with Crippen molar-refractivity contribution in [2.24, 2.45) is 5.73 Å². The number of nitrogens with zero attached hydrogens (tertiary/aromatic N) is 1. The molecule has 3 rings (SSSR count). The first-order valence-corrected chi connectivity index (χ1v) is 8.98. The molecular formula is C18H27N3O3. The fourth-order valence-corrected chi connectivity index (χ4v) is 3.88. The third kappa shape index (κ3) is 3.34. The topological polar surface area (TPSA) is 88.6 Å². The van der Waals surface area contributed by atoms with Gasteiger partial charge in [0.2, 0.25) is 5.91 Å². The number of primary amides is 1. The molecule has 132 valence electrons. The van der Waals surface area contributed by atoms with Crippen LogP contribution in [0.25, 0.3) is 0 Å². The Kier molecular flexibility index (Phi) is 4.94. The van der Waals surface area contributed by atoms with Crippen molar-refractivity contribution in [3.05, 3.63) is 23.7 Å². The Labute approximate surface area is 142 Å². The summed E-state index contributed by atoms with van der Waals surface area (Å²) >= 11 is 0. The third-order valence-electron chi connectivity index (χ3n) is 5.48. The summed E-state index contributed by atoms with van der Waals surface area (Å²) in [6, 6.07) is 3.71. The molecule has 0 aromatic carbocycles. The van der Waals surface area contributed by atoms with Crippen molar-refractivity contribution in [1.29, 1.82) is 0 Å². The molecule has 2 aliphatic rings. The molecule has 6 heteroatoms. The lowest BCUT2D eigenvalue weighted by Crippen LogP contribution is -2.55. The summed E-state index contributed by atoms with van der Waals surface area (Å²) in [5, 5.41) is 2.82. The maximum Gasteiger partial charge on any atom is 0.287 e. The van der Waals surface area contributed by atoms with Crippen molar-refractivity contribution in [3.63, 3.8) is 0 Å². The minimum Gasteiger partial charge on any atom is -0.454 e. The number of furan rings is 1. The minimum absolute atomic E-state index is 0.156. The number of amides is 2. The fourth-order valence-electron chi connectivity index (χ4n) is 3.88. The molecule has 1 aliphatic heterocycles. The first-order valence-electron chi connectivity index (χ1n) is 8.98. The molecule has 24 heavy (non-hydrogen) atoms. The second kappa shape index (κ2) is 6.97. The van der Waals surface area contributed by atoms with Crippen LogP contribution >= 0.6 is 0 Å². The smallest absolute Gasteiger partial charge is 0.287 e. The molecule has 1 atom stereocenters. The second-order valence-corrected chi connectivity index (χ2v) is 7.08. The molecular weight excluding hydrogens is 306 g/mol. The average Bonchev–Trinajstić information content (AvgIpc) is 3.25. The molecule has 1 aliphatic carbocycles. The quantitative estimate of drug-likeness (QED) is 0.866. The van der Waals surface area contributed by atoms with Crippen molar-refractivity contribution in [1.82, 2.24) is 10.2 Å². The normalized spacial score (nSPS) is 22.2. The van der Waals surface area contributed by atoms with Gasteiger partial charge in [-0.2, -0.15) is 0 Å². The number of carbonyl (C=O) groups excluding carboxylic acids is 2. The van der Waals surface area contributed by atoms with Gasteiger partial charge >= 0.3 is 0 Å². The number of rotatable bonds is 5. The van der Waals surface area contributed by atoms with Gasteiger partial charge in [-0.3, -0.25) is 14.5 Å². The largest absolute Gasteiger partial charge is 0.454 e. The van der Waals surface area contributed by atoms with Gasteiger partial charge in [0.15, 0.2) is 5.76 Å². The minimum atomic E-state index is -0.914.